The van der Waals surface area contributed by atoms with Gasteiger partial charge in [0.05, 0.1) is 37.6 Å². The standard InChI is InChI=1S/C18H22O6/c1-3-9-21-11-13-23-17(19)15-5-7-16(8-6-15)18(20)24-14-12-22-10-4-2/h3-8H,1-2,9-14H2. The van der Waals surface area contributed by atoms with E-state index in [0.29, 0.717) is 37.6 Å². The molecule has 0 fully saturated rings. The molecule has 0 radical (unpaired) electrons. The second kappa shape index (κ2) is 12.0. The number of carbonyl (C=O) groups excluding carboxylic acids is 2. The van der Waals surface area contributed by atoms with E-state index in [9.17, 15) is 9.59 Å². The van der Waals surface area contributed by atoms with Crippen molar-refractivity contribution < 1.29 is 28.5 Å². The summed E-state index contributed by atoms with van der Waals surface area (Å²) in [4.78, 5) is 23.6. The number of rotatable bonds is 12. The molecule has 1 rings (SSSR count). The van der Waals surface area contributed by atoms with Gasteiger partial charge in [-0.3, -0.25) is 0 Å². The highest BCUT2D eigenvalue weighted by molar-refractivity contribution is 5.93. The minimum Gasteiger partial charge on any atom is -0.460 e. The molecular formula is C18H22O6. The van der Waals surface area contributed by atoms with Gasteiger partial charge in [-0.15, -0.1) is 13.2 Å². The Morgan fingerprint density at radius 2 is 1.12 bits per heavy atom. The second-order valence-electron chi connectivity index (χ2n) is 4.58. The summed E-state index contributed by atoms with van der Waals surface area (Å²) in [5.41, 5.74) is 0.703. The van der Waals surface area contributed by atoms with Gasteiger partial charge in [-0.05, 0) is 24.3 Å². The number of hydrogen-bond acceptors (Lipinski definition) is 6. The van der Waals surface area contributed by atoms with Gasteiger partial charge in [-0.2, -0.15) is 0 Å². The van der Waals surface area contributed by atoms with Gasteiger partial charge < -0.3 is 18.9 Å². The molecule has 0 aliphatic rings. The molecule has 1 aromatic carbocycles. The molecule has 0 saturated heterocycles. The first-order valence-electron chi connectivity index (χ1n) is 7.50. The Kier molecular flexibility index (Phi) is 9.84. The molecule has 0 atom stereocenters. The maximum Gasteiger partial charge on any atom is 0.338 e. The average Bonchev–Trinajstić information content (AvgIpc) is 2.61. The van der Waals surface area contributed by atoms with Gasteiger partial charge in [-0.1, -0.05) is 12.2 Å². The van der Waals surface area contributed by atoms with Crippen molar-refractivity contribution >= 4 is 11.9 Å². The van der Waals surface area contributed by atoms with Crippen LogP contribution in [0.5, 0.6) is 0 Å². The minimum absolute atomic E-state index is 0.154. The highest BCUT2D eigenvalue weighted by atomic mass is 16.6. The van der Waals surface area contributed by atoms with Crippen LogP contribution < -0.4 is 0 Å². The zero-order valence-corrected chi connectivity index (χ0v) is 13.6. The number of esters is 2. The molecule has 0 N–H and O–H groups in total. The maximum atomic E-state index is 11.8. The van der Waals surface area contributed by atoms with Gasteiger partial charge in [0.15, 0.2) is 0 Å². The van der Waals surface area contributed by atoms with E-state index in [2.05, 4.69) is 13.2 Å². The summed E-state index contributed by atoms with van der Waals surface area (Å²) < 4.78 is 20.3. The maximum absolute atomic E-state index is 11.8. The Morgan fingerprint density at radius 3 is 1.46 bits per heavy atom. The SMILES string of the molecule is C=CCOCCOC(=O)c1ccc(C(=O)OCCOCC=C)cc1. The molecule has 0 aliphatic heterocycles. The third-order valence-corrected chi connectivity index (χ3v) is 2.75. The molecule has 0 unspecified atom stereocenters. The number of benzene rings is 1. The van der Waals surface area contributed by atoms with Crippen LogP contribution in [-0.2, 0) is 18.9 Å². The van der Waals surface area contributed by atoms with Gasteiger partial charge in [0.2, 0.25) is 0 Å². The summed E-state index contributed by atoms with van der Waals surface area (Å²) in [5.74, 6) is -0.954. The lowest BCUT2D eigenvalue weighted by Crippen LogP contribution is -2.12. The van der Waals surface area contributed by atoms with Crippen LogP contribution in [0, 0.1) is 0 Å². The number of carbonyl (C=O) groups is 2. The lowest BCUT2D eigenvalue weighted by atomic mass is 10.1. The molecule has 0 aliphatic carbocycles. The highest BCUT2D eigenvalue weighted by Gasteiger charge is 2.10. The first-order valence-corrected chi connectivity index (χ1v) is 7.50. The molecule has 6 nitrogen and oxygen atoms in total. The van der Waals surface area contributed by atoms with Crippen molar-refractivity contribution in [2.24, 2.45) is 0 Å². The predicted molar refractivity (Wildman–Crippen MR) is 89.0 cm³/mol. The summed E-state index contributed by atoms with van der Waals surface area (Å²) in [7, 11) is 0. The normalized spacial score (nSPS) is 10.0. The van der Waals surface area contributed by atoms with Gasteiger partial charge in [0.1, 0.15) is 13.2 Å². The zero-order chi connectivity index (χ0) is 17.6. The van der Waals surface area contributed by atoms with Crippen molar-refractivity contribution in [3.8, 4) is 0 Å². The fourth-order valence-corrected chi connectivity index (χ4v) is 1.63. The van der Waals surface area contributed by atoms with Crippen LogP contribution in [0.25, 0.3) is 0 Å². The molecular weight excluding hydrogens is 312 g/mol. The van der Waals surface area contributed by atoms with Crippen LogP contribution in [0.1, 0.15) is 20.7 Å². The summed E-state index contributed by atoms with van der Waals surface area (Å²) >= 11 is 0. The van der Waals surface area contributed by atoms with Crippen LogP contribution in [-0.4, -0.2) is 51.6 Å². The van der Waals surface area contributed by atoms with Crippen molar-refractivity contribution in [3.63, 3.8) is 0 Å². The first kappa shape index (κ1) is 19.6. The monoisotopic (exact) mass is 334 g/mol. The van der Waals surface area contributed by atoms with Gasteiger partial charge >= 0.3 is 11.9 Å². The smallest absolute Gasteiger partial charge is 0.338 e. The van der Waals surface area contributed by atoms with Gasteiger partial charge in [-0.25, -0.2) is 9.59 Å². The number of ether oxygens (including phenoxy) is 4. The van der Waals surface area contributed by atoms with Crippen molar-refractivity contribution in [2.75, 3.05) is 39.6 Å². The summed E-state index contributed by atoms with van der Waals surface area (Å²) in [5, 5.41) is 0. The molecule has 24 heavy (non-hydrogen) atoms. The molecule has 0 spiro atoms. The van der Waals surface area contributed by atoms with E-state index >= 15 is 0 Å². The third-order valence-electron chi connectivity index (χ3n) is 2.75. The molecule has 0 aromatic heterocycles. The zero-order valence-electron chi connectivity index (χ0n) is 13.6. The van der Waals surface area contributed by atoms with Crippen LogP contribution in [0.15, 0.2) is 49.6 Å². The molecule has 130 valence electrons. The summed E-state index contributed by atoms with van der Waals surface area (Å²) in [6.07, 6.45) is 3.23. The summed E-state index contributed by atoms with van der Waals surface area (Å²) in [6.45, 7) is 8.76. The molecule has 0 amide bonds. The Bertz CT molecular complexity index is 486. The Balaban J connectivity index is 2.35. The lowest BCUT2D eigenvalue weighted by Gasteiger charge is -2.07. The largest absolute Gasteiger partial charge is 0.460 e. The van der Waals surface area contributed by atoms with Crippen LogP contribution >= 0.6 is 0 Å². The van der Waals surface area contributed by atoms with E-state index in [-0.39, 0.29) is 13.2 Å². The molecule has 1 aromatic rings. The molecule has 0 bridgehead atoms. The fraction of sp³-hybridized carbons (Fsp3) is 0.333. The molecule has 0 heterocycles. The Hall–Kier alpha value is -2.44. The van der Waals surface area contributed by atoms with Gasteiger partial charge in [0, 0.05) is 0 Å². The third kappa shape index (κ3) is 7.71. The van der Waals surface area contributed by atoms with Gasteiger partial charge in [0.25, 0.3) is 0 Å². The molecule has 6 heteroatoms. The quantitative estimate of drug-likeness (QED) is 0.332. The average molecular weight is 334 g/mol. The first-order chi connectivity index (χ1) is 11.7. The van der Waals surface area contributed by atoms with E-state index in [1.165, 1.54) is 24.3 Å². The van der Waals surface area contributed by atoms with Crippen molar-refractivity contribution in [3.05, 3.63) is 60.7 Å². The topological polar surface area (TPSA) is 71.1 Å². The highest BCUT2D eigenvalue weighted by Crippen LogP contribution is 2.07. The Morgan fingerprint density at radius 1 is 0.750 bits per heavy atom. The minimum atomic E-state index is -0.477. The van der Waals surface area contributed by atoms with Crippen LogP contribution in [0.4, 0.5) is 0 Å². The van der Waals surface area contributed by atoms with E-state index in [1.54, 1.807) is 12.2 Å². The molecule has 0 saturated carbocycles. The van der Waals surface area contributed by atoms with Crippen molar-refractivity contribution in [1.82, 2.24) is 0 Å². The van der Waals surface area contributed by atoms with E-state index in [4.69, 9.17) is 18.9 Å². The lowest BCUT2D eigenvalue weighted by molar-refractivity contribution is 0.0343. The van der Waals surface area contributed by atoms with E-state index < -0.39 is 11.9 Å². The van der Waals surface area contributed by atoms with Crippen LogP contribution in [0.2, 0.25) is 0 Å². The summed E-state index contributed by atoms with van der Waals surface area (Å²) in [6, 6.07) is 6.05. The van der Waals surface area contributed by atoms with E-state index in [1.807, 2.05) is 0 Å². The second-order valence-corrected chi connectivity index (χ2v) is 4.58. The number of hydrogen-bond donors (Lipinski definition) is 0. The van der Waals surface area contributed by atoms with Crippen molar-refractivity contribution in [1.29, 1.82) is 0 Å². The van der Waals surface area contributed by atoms with E-state index in [0.717, 1.165) is 0 Å². The fourth-order valence-electron chi connectivity index (χ4n) is 1.63. The predicted octanol–water partition coefficient (Wildman–Crippen LogP) is 2.41. The Labute approximate surface area is 141 Å². The van der Waals surface area contributed by atoms with Crippen LogP contribution in [0.3, 0.4) is 0 Å². The van der Waals surface area contributed by atoms with Crippen molar-refractivity contribution in [2.45, 2.75) is 0 Å².